The van der Waals surface area contributed by atoms with Crippen LogP contribution in [0.25, 0.3) is 0 Å². The van der Waals surface area contributed by atoms with E-state index in [1.165, 1.54) is 0 Å². The molecule has 0 radical (unpaired) electrons. The first-order valence-corrected chi connectivity index (χ1v) is 10.0. The number of hydrogen-bond donors (Lipinski definition) is 3. The predicted molar refractivity (Wildman–Crippen MR) is 89.7 cm³/mol. The highest BCUT2D eigenvalue weighted by Gasteiger charge is 2.49. The molecule has 0 bridgehead atoms. The number of hydrazine groups is 1. The Bertz CT molecular complexity index is 789. The Balaban J connectivity index is 1.94. The summed E-state index contributed by atoms with van der Waals surface area (Å²) < 4.78 is 48.2. The molecule has 26 heavy (non-hydrogen) atoms. The van der Waals surface area contributed by atoms with Gasteiger partial charge in [0.05, 0.1) is 6.54 Å². The van der Waals surface area contributed by atoms with Gasteiger partial charge in [-0.1, -0.05) is 30.3 Å². The van der Waals surface area contributed by atoms with Crippen LogP contribution >= 0.6 is 8.10 Å². The van der Waals surface area contributed by atoms with Crippen LogP contribution in [0.2, 0.25) is 0 Å². The second-order valence-electron chi connectivity index (χ2n) is 5.37. The van der Waals surface area contributed by atoms with Crippen molar-refractivity contribution >= 4 is 30.4 Å². The molecule has 1 unspecified atom stereocenters. The van der Waals surface area contributed by atoms with Gasteiger partial charge < -0.3 is 10.1 Å². The van der Waals surface area contributed by atoms with Crippen LogP contribution in [-0.2, 0) is 31.0 Å². The van der Waals surface area contributed by atoms with Crippen molar-refractivity contribution in [3.63, 3.8) is 0 Å². The fraction of sp³-hybridized carbons (Fsp3) is 0.385. The van der Waals surface area contributed by atoms with E-state index in [0.717, 1.165) is 5.56 Å². The number of benzene rings is 1. The van der Waals surface area contributed by atoms with E-state index in [4.69, 9.17) is 15.1 Å². The lowest BCUT2D eigenvalue weighted by Gasteiger charge is -2.25. The van der Waals surface area contributed by atoms with Gasteiger partial charge in [0, 0.05) is 0 Å². The summed E-state index contributed by atoms with van der Waals surface area (Å²) in [5, 5.41) is 2.35. The average Bonchev–Trinajstić information content (AvgIpc) is 2.60. The third-order valence-corrected chi connectivity index (χ3v) is 6.19. The first-order chi connectivity index (χ1) is 12.2. The lowest BCUT2D eigenvalue weighted by Crippen LogP contribution is -2.51. The number of nitrogens with zero attached hydrogens (tertiary/aromatic N) is 2. The number of carbonyl (C=O) groups excluding carboxylic acids is 2. The highest BCUT2D eigenvalue weighted by atomic mass is 32.2. The number of ether oxygens (including phenoxy) is 1. The van der Waals surface area contributed by atoms with E-state index in [-0.39, 0.29) is 23.8 Å². The number of nitrogens with two attached hydrogens (primary N) is 1. The van der Waals surface area contributed by atoms with Crippen molar-refractivity contribution in [3.05, 3.63) is 35.9 Å². The van der Waals surface area contributed by atoms with Gasteiger partial charge in [-0.15, -0.1) is 4.67 Å². The van der Waals surface area contributed by atoms with Gasteiger partial charge in [-0.05, 0) is 23.0 Å². The Kier molecular flexibility index (Phi) is 6.62. The SMILES string of the molecule is NN([P+](=O)N1CCC[C@H](NC(=O)OCc2ccccc2)C1=O)S(=O)(=O)O. The highest BCUT2D eigenvalue weighted by molar-refractivity contribution is 7.88. The molecular weight excluding hydrogens is 387 g/mol. The maximum atomic E-state index is 12.3. The van der Waals surface area contributed by atoms with Crippen LogP contribution in [-0.4, -0.2) is 46.4 Å². The van der Waals surface area contributed by atoms with E-state index in [9.17, 15) is 22.6 Å². The van der Waals surface area contributed by atoms with E-state index in [1.807, 2.05) is 6.07 Å². The molecule has 1 aliphatic heterocycles. The highest BCUT2D eigenvalue weighted by Crippen LogP contribution is 2.34. The van der Waals surface area contributed by atoms with Crippen LogP contribution in [0.3, 0.4) is 0 Å². The second-order valence-corrected chi connectivity index (χ2v) is 8.34. The largest absolute Gasteiger partial charge is 0.602 e. The molecule has 1 saturated heterocycles. The van der Waals surface area contributed by atoms with Crippen LogP contribution in [0.1, 0.15) is 18.4 Å². The molecule has 1 fully saturated rings. The lowest BCUT2D eigenvalue weighted by atomic mass is 10.1. The van der Waals surface area contributed by atoms with E-state index >= 15 is 0 Å². The molecule has 2 atom stereocenters. The van der Waals surface area contributed by atoms with E-state index < -0.39 is 36.4 Å². The monoisotopic (exact) mass is 405 g/mol. The summed E-state index contributed by atoms with van der Waals surface area (Å²) in [4.78, 5) is 24.2. The van der Waals surface area contributed by atoms with E-state index in [0.29, 0.717) is 11.1 Å². The summed E-state index contributed by atoms with van der Waals surface area (Å²) in [6.07, 6.45) is -0.241. The van der Waals surface area contributed by atoms with Crippen molar-refractivity contribution in [2.45, 2.75) is 25.5 Å². The molecule has 2 rings (SSSR count). The normalized spacial score (nSPS) is 18.6. The zero-order valence-electron chi connectivity index (χ0n) is 13.5. The lowest BCUT2D eigenvalue weighted by molar-refractivity contribution is -0.130. The first kappa shape index (κ1) is 20.2. The standard InChI is InChI=1S/C13H17N4O7PS/c14-17(26(21,22)23)25(20)16-8-4-7-11(12(16)18)15-13(19)24-9-10-5-2-1-3-6-10/h1-3,5-6,11H,4,7-9,14H2,(H-,15,19,21,22,23)/p+1/t11-/m0/s1. The molecule has 142 valence electrons. The molecule has 0 aromatic heterocycles. The van der Waals surface area contributed by atoms with Crippen molar-refractivity contribution in [3.8, 4) is 0 Å². The number of nitrogens with one attached hydrogen (secondary N) is 1. The predicted octanol–water partition coefficient (Wildman–Crippen LogP) is 0.540. The molecule has 1 aromatic carbocycles. The summed E-state index contributed by atoms with van der Waals surface area (Å²) in [6.45, 7) is -0.0284. The number of piperidine rings is 1. The summed E-state index contributed by atoms with van der Waals surface area (Å²) >= 11 is 0. The Morgan fingerprint density at radius 2 is 2.08 bits per heavy atom. The van der Waals surface area contributed by atoms with Crippen LogP contribution in [0, 0.1) is 0 Å². The molecule has 0 aliphatic carbocycles. The average molecular weight is 405 g/mol. The minimum absolute atomic E-state index is 0.00486. The molecule has 0 spiro atoms. The summed E-state index contributed by atoms with van der Waals surface area (Å²) in [5.41, 5.74) is 0.759. The van der Waals surface area contributed by atoms with Gasteiger partial charge in [-0.3, -0.25) is 9.35 Å². The van der Waals surface area contributed by atoms with E-state index in [2.05, 4.69) is 5.32 Å². The van der Waals surface area contributed by atoms with Crippen molar-refractivity contribution in [1.82, 2.24) is 14.2 Å². The summed E-state index contributed by atoms with van der Waals surface area (Å²) in [5.74, 6) is 4.27. The Morgan fingerprint density at radius 3 is 2.69 bits per heavy atom. The Hall–Kier alpha value is -2.11. The van der Waals surface area contributed by atoms with Crippen LogP contribution in [0.15, 0.2) is 30.3 Å². The van der Waals surface area contributed by atoms with Gasteiger partial charge in [-0.2, -0.15) is 8.42 Å². The Labute approximate surface area is 150 Å². The summed E-state index contributed by atoms with van der Waals surface area (Å²) in [7, 11) is -8.00. The molecule has 1 heterocycles. The molecule has 11 nitrogen and oxygen atoms in total. The topological polar surface area (TPSA) is 159 Å². The van der Waals surface area contributed by atoms with Gasteiger partial charge in [0.15, 0.2) is 0 Å². The number of rotatable bonds is 6. The minimum Gasteiger partial charge on any atom is -0.445 e. The van der Waals surface area contributed by atoms with Gasteiger partial charge in [-0.25, -0.2) is 10.6 Å². The zero-order chi connectivity index (χ0) is 19.3. The molecule has 0 saturated carbocycles. The molecule has 1 aliphatic rings. The Morgan fingerprint density at radius 1 is 1.42 bits per heavy atom. The van der Waals surface area contributed by atoms with Crippen molar-refractivity contribution < 1.29 is 31.9 Å². The first-order valence-electron chi connectivity index (χ1n) is 7.48. The maximum Gasteiger partial charge on any atom is 0.602 e. The van der Waals surface area contributed by atoms with Crippen molar-refractivity contribution in [2.24, 2.45) is 5.84 Å². The fourth-order valence-electron chi connectivity index (χ4n) is 2.26. The van der Waals surface area contributed by atoms with Crippen LogP contribution < -0.4 is 11.2 Å². The number of amides is 2. The minimum atomic E-state index is -4.93. The van der Waals surface area contributed by atoms with Crippen LogP contribution in [0.4, 0.5) is 4.79 Å². The zero-order valence-corrected chi connectivity index (χ0v) is 15.2. The van der Waals surface area contributed by atoms with E-state index in [1.54, 1.807) is 24.3 Å². The van der Waals surface area contributed by atoms with Crippen molar-refractivity contribution in [2.75, 3.05) is 6.54 Å². The summed E-state index contributed by atoms with van der Waals surface area (Å²) in [6, 6.07) is 7.86. The van der Waals surface area contributed by atoms with Gasteiger partial charge in [0.25, 0.3) is 5.91 Å². The maximum absolute atomic E-state index is 12.3. The molecule has 1 aromatic rings. The van der Waals surface area contributed by atoms with Crippen molar-refractivity contribution in [1.29, 1.82) is 0 Å². The van der Waals surface area contributed by atoms with Gasteiger partial charge >= 0.3 is 24.5 Å². The molecular formula is C13H18N4O7PS+. The number of hydrogen-bond acceptors (Lipinski definition) is 7. The number of alkyl carbamates (subject to hydrolysis) is 1. The quantitative estimate of drug-likeness (QED) is 0.268. The van der Waals surface area contributed by atoms with Gasteiger partial charge in [0.2, 0.25) is 0 Å². The van der Waals surface area contributed by atoms with Crippen LogP contribution in [0.5, 0.6) is 0 Å². The third-order valence-electron chi connectivity index (χ3n) is 3.53. The fourth-order valence-corrected chi connectivity index (χ4v) is 4.07. The smallest absolute Gasteiger partial charge is 0.445 e. The third kappa shape index (κ3) is 5.19. The second kappa shape index (κ2) is 8.52. The van der Waals surface area contributed by atoms with Gasteiger partial charge in [0.1, 0.15) is 16.8 Å². The molecule has 2 amide bonds. The molecule has 4 N–H and O–H groups in total. The number of carbonyl (C=O) groups is 2. The molecule has 13 heteroatoms.